The summed E-state index contributed by atoms with van der Waals surface area (Å²) in [6, 6.07) is 9.57. The van der Waals surface area contributed by atoms with Gasteiger partial charge in [-0.25, -0.2) is 0 Å². The van der Waals surface area contributed by atoms with E-state index in [1.165, 1.54) is 0 Å². The van der Waals surface area contributed by atoms with Gasteiger partial charge >= 0.3 is 0 Å². The Morgan fingerprint density at radius 1 is 1.29 bits per heavy atom. The number of aryl methyl sites for hydroxylation is 2. The summed E-state index contributed by atoms with van der Waals surface area (Å²) in [6.45, 7) is 4.19. The van der Waals surface area contributed by atoms with E-state index < -0.39 is 0 Å². The summed E-state index contributed by atoms with van der Waals surface area (Å²) < 4.78 is 2.88. The highest BCUT2D eigenvalue weighted by Crippen LogP contribution is 2.09. The lowest BCUT2D eigenvalue weighted by atomic mass is 10.1. The van der Waals surface area contributed by atoms with Gasteiger partial charge in [0.2, 0.25) is 0 Å². The molecule has 0 aliphatic carbocycles. The molecule has 88 valence electrons. The van der Waals surface area contributed by atoms with E-state index in [4.69, 9.17) is 0 Å². The quantitative estimate of drug-likeness (QED) is 0.636. The summed E-state index contributed by atoms with van der Waals surface area (Å²) in [5.41, 5.74) is 2.69. The molecule has 0 atom stereocenters. The molecule has 0 radical (unpaired) electrons. The smallest absolute Gasteiger partial charge is 0.184 e. The Labute approximate surface area is 114 Å². The molecule has 0 saturated heterocycles. The highest BCUT2D eigenvalue weighted by molar-refractivity contribution is 14.1. The van der Waals surface area contributed by atoms with Gasteiger partial charge in [-0.15, -0.1) is 0 Å². The van der Waals surface area contributed by atoms with Gasteiger partial charge in [0, 0.05) is 14.8 Å². The fraction of sp³-hybridized carbons (Fsp3) is 0.231. The van der Waals surface area contributed by atoms with Crippen LogP contribution in [0.3, 0.4) is 0 Å². The zero-order valence-corrected chi connectivity index (χ0v) is 11.9. The average Bonchev–Trinajstić information content (AvgIpc) is 2.58. The summed E-state index contributed by atoms with van der Waals surface area (Å²) in [5, 5.41) is 4.29. The molecule has 0 amide bonds. The fourth-order valence-corrected chi connectivity index (χ4v) is 2.06. The third kappa shape index (κ3) is 2.94. The van der Waals surface area contributed by atoms with Gasteiger partial charge in [0.1, 0.15) is 6.54 Å². The second kappa shape index (κ2) is 5.00. The molecule has 3 nitrogen and oxygen atoms in total. The van der Waals surface area contributed by atoms with Crippen molar-refractivity contribution in [3.63, 3.8) is 0 Å². The van der Waals surface area contributed by atoms with Gasteiger partial charge in [0.05, 0.1) is 5.69 Å². The first-order valence-electron chi connectivity index (χ1n) is 5.36. The van der Waals surface area contributed by atoms with Gasteiger partial charge in [-0.3, -0.25) is 9.48 Å². The summed E-state index contributed by atoms with van der Waals surface area (Å²) in [5.74, 6) is 0.0904. The van der Waals surface area contributed by atoms with Crippen LogP contribution >= 0.6 is 22.6 Å². The highest BCUT2D eigenvalue weighted by Gasteiger charge is 2.09. The normalized spacial score (nSPS) is 10.5. The molecule has 4 heteroatoms. The number of aromatic nitrogens is 2. The van der Waals surface area contributed by atoms with Gasteiger partial charge < -0.3 is 0 Å². The molecule has 0 N–H and O–H groups in total. The number of ketones is 1. The van der Waals surface area contributed by atoms with E-state index in [0.717, 1.165) is 20.5 Å². The molecule has 0 aliphatic heterocycles. The number of benzene rings is 1. The highest BCUT2D eigenvalue weighted by atomic mass is 127. The lowest BCUT2D eigenvalue weighted by Crippen LogP contribution is -2.13. The van der Waals surface area contributed by atoms with Crippen molar-refractivity contribution in [3.05, 3.63) is 50.9 Å². The number of Topliss-reactive ketones (excluding diaryl/α,β-unsaturated/α-hetero) is 1. The monoisotopic (exact) mass is 340 g/mol. The van der Waals surface area contributed by atoms with Crippen molar-refractivity contribution in [1.29, 1.82) is 0 Å². The lowest BCUT2D eigenvalue weighted by Gasteiger charge is -2.04. The van der Waals surface area contributed by atoms with Gasteiger partial charge in [0.25, 0.3) is 0 Å². The van der Waals surface area contributed by atoms with Crippen LogP contribution in [0.5, 0.6) is 0 Å². The number of hydrogen-bond donors (Lipinski definition) is 0. The van der Waals surface area contributed by atoms with Crippen molar-refractivity contribution in [2.75, 3.05) is 0 Å². The molecule has 0 bridgehead atoms. The van der Waals surface area contributed by atoms with Crippen LogP contribution in [0.15, 0.2) is 30.3 Å². The molecule has 1 aromatic heterocycles. The van der Waals surface area contributed by atoms with Crippen molar-refractivity contribution in [2.45, 2.75) is 20.4 Å². The van der Waals surface area contributed by atoms with E-state index in [0.29, 0.717) is 6.54 Å². The van der Waals surface area contributed by atoms with Crippen molar-refractivity contribution >= 4 is 28.4 Å². The molecule has 0 unspecified atom stereocenters. The molecule has 1 aromatic carbocycles. The minimum atomic E-state index is 0.0904. The maximum atomic E-state index is 12.0. The first-order chi connectivity index (χ1) is 8.06. The third-order valence-electron chi connectivity index (χ3n) is 2.56. The first-order valence-corrected chi connectivity index (χ1v) is 6.44. The molecule has 0 saturated carbocycles. The van der Waals surface area contributed by atoms with Crippen LogP contribution in [-0.4, -0.2) is 15.6 Å². The van der Waals surface area contributed by atoms with Crippen LogP contribution in [0.2, 0.25) is 0 Å². The summed E-state index contributed by atoms with van der Waals surface area (Å²) in [7, 11) is 0. The zero-order valence-electron chi connectivity index (χ0n) is 9.77. The number of carbonyl (C=O) groups excluding carboxylic acids is 1. The summed E-state index contributed by atoms with van der Waals surface area (Å²) in [4.78, 5) is 12.0. The Balaban J connectivity index is 2.17. The maximum absolute atomic E-state index is 12.0. The molecule has 1 heterocycles. The predicted molar refractivity (Wildman–Crippen MR) is 75.2 cm³/mol. The molecular weight excluding hydrogens is 327 g/mol. The summed E-state index contributed by atoms with van der Waals surface area (Å²) >= 11 is 2.22. The molecule has 0 fully saturated rings. The fourth-order valence-electron chi connectivity index (χ4n) is 1.70. The van der Waals surface area contributed by atoms with Crippen LogP contribution in [-0.2, 0) is 6.54 Å². The Kier molecular flexibility index (Phi) is 3.61. The Morgan fingerprint density at radius 3 is 2.47 bits per heavy atom. The summed E-state index contributed by atoms with van der Waals surface area (Å²) in [6.07, 6.45) is 0. The molecule has 2 aromatic rings. The third-order valence-corrected chi connectivity index (χ3v) is 3.28. The van der Waals surface area contributed by atoms with Crippen LogP contribution in [0, 0.1) is 17.4 Å². The number of hydrogen-bond acceptors (Lipinski definition) is 2. The minimum absolute atomic E-state index is 0.0904. The largest absolute Gasteiger partial charge is 0.292 e. The zero-order chi connectivity index (χ0) is 12.4. The van der Waals surface area contributed by atoms with E-state index in [9.17, 15) is 4.79 Å². The van der Waals surface area contributed by atoms with Gasteiger partial charge in [0.15, 0.2) is 5.78 Å². The van der Waals surface area contributed by atoms with Gasteiger partial charge in [-0.2, -0.15) is 5.10 Å². The van der Waals surface area contributed by atoms with E-state index in [-0.39, 0.29) is 5.78 Å². The van der Waals surface area contributed by atoms with Crippen molar-refractivity contribution < 1.29 is 4.79 Å². The van der Waals surface area contributed by atoms with Crippen LogP contribution in [0.1, 0.15) is 21.7 Å². The van der Waals surface area contributed by atoms with E-state index in [1.807, 2.05) is 44.2 Å². The molecular formula is C13H13IN2O. The number of nitrogens with zero attached hydrogens (tertiary/aromatic N) is 2. The SMILES string of the molecule is Cc1cc(C)n(CC(=O)c2ccc(I)cc2)n1. The standard InChI is InChI=1S/C13H13IN2O/c1-9-7-10(2)16(15-9)8-13(17)11-3-5-12(14)6-4-11/h3-7H,8H2,1-2H3. The van der Waals surface area contributed by atoms with Crippen LogP contribution in [0.4, 0.5) is 0 Å². The lowest BCUT2D eigenvalue weighted by molar-refractivity contribution is 0.0966. The van der Waals surface area contributed by atoms with Crippen molar-refractivity contribution in [3.8, 4) is 0 Å². The molecule has 2 rings (SSSR count). The average molecular weight is 340 g/mol. The Hall–Kier alpha value is -1.17. The van der Waals surface area contributed by atoms with Gasteiger partial charge in [-0.1, -0.05) is 12.1 Å². The molecule has 0 spiro atoms. The molecule has 17 heavy (non-hydrogen) atoms. The second-order valence-corrected chi connectivity index (χ2v) is 5.26. The Morgan fingerprint density at radius 2 is 1.94 bits per heavy atom. The maximum Gasteiger partial charge on any atom is 0.184 e. The van der Waals surface area contributed by atoms with Crippen LogP contribution in [0.25, 0.3) is 0 Å². The predicted octanol–water partition coefficient (Wildman–Crippen LogP) is 2.99. The second-order valence-electron chi connectivity index (χ2n) is 4.01. The minimum Gasteiger partial charge on any atom is -0.292 e. The molecule has 0 aliphatic rings. The Bertz CT molecular complexity index is 543. The number of carbonyl (C=O) groups is 1. The van der Waals surface area contributed by atoms with E-state index in [1.54, 1.807) is 4.68 Å². The van der Waals surface area contributed by atoms with Crippen LogP contribution < -0.4 is 0 Å². The van der Waals surface area contributed by atoms with Crippen molar-refractivity contribution in [2.24, 2.45) is 0 Å². The number of halogens is 1. The van der Waals surface area contributed by atoms with Crippen molar-refractivity contribution in [1.82, 2.24) is 9.78 Å². The van der Waals surface area contributed by atoms with E-state index in [2.05, 4.69) is 27.7 Å². The van der Waals surface area contributed by atoms with Gasteiger partial charge in [-0.05, 0) is 54.6 Å². The first kappa shape index (κ1) is 12.3. The number of rotatable bonds is 3. The topological polar surface area (TPSA) is 34.9 Å². The van der Waals surface area contributed by atoms with E-state index >= 15 is 0 Å².